The summed E-state index contributed by atoms with van der Waals surface area (Å²) in [6, 6.07) is 11.5. The normalized spacial score (nSPS) is 15.0. The maximum atomic E-state index is 5.41. The Bertz CT molecular complexity index is 796. The van der Waals surface area contributed by atoms with Gasteiger partial charge in [0.25, 0.3) is 0 Å². The monoisotopic (exact) mass is 344 g/mol. The quantitative estimate of drug-likeness (QED) is 0.829. The number of rotatable bonds is 3. The number of hydrogen-bond acceptors (Lipinski definition) is 5. The number of hydrogen-bond donors (Lipinski definition) is 2. The first-order valence-electron chi connectivity index (χ1n) is 7.56. The van der Waals surface area contributed by atoms with Gasteiger partial charge in [-0.05, 0) is 49.0 Å². The first kappa shape index (κ1) is 14.9. The molecule has 0 aromatic heterocycles. The van der Waals surface area contributed by atoms with Crippen molar-refractivity contribution >= 4 is 23.0 Å². The Labute approximate surface area is 144 Å². The summed E-state index contributed by atoms with van der Waals surface area (Å²) in [5.41, 5.74) is 1.91. The van der Waals surface area contributed by atoms with Gasteiger partial charge < -0.3 is 29.6 Å². The second-order valence-electron chi connectivity index (χ2n) is 5.50. The zero-order chi connectivity index (χ0) is 16.5. The Kier molecular flexibility index (Phi) is 3.78. The van der Waals surface area contributed by atoms with Gasteiger partial charge in [0.15, 0.2) is 28.1 Å². The summed E-state index contributed by atoms with van der Waals surface area (Å²) < 4.78 is 21.4. The highest BCUT2D eigenvalue weighted by Crippen LogP contribution is 2.35. The third-order valence-corrected chi connectivity index (χ3v) is 4.09. The Balaban J connectivity index is 1.40. The van der Waals surface area contributed by atoms with E-state index in [1.54, 1.807) is 0 Å². The van der Waals surface area contributed by atoms with E-state index in [1.165, 1.54) is 0 Å². The zero-order valence-electron chi connectivity index (χ0n) is 13.0. The van der Waals surface area contributed by atoms with Crippen LogP contribution in [0.15, 0.2) is 36.4 Å². The lowest BCUT2D eigenvalue weighted by molar-refractivity contribution is 0.173. The third kappa shape index (κ3) is 2.90. The van der Waals surface area contributed by atoms with Crippen molar-refractivity contribution < 1.29 is 18.9 Å². The topological polar surface area (TPSA) is 61.0 Å². The highest BCUT2D eigenvalue weighted by molar-refractivity contribution is 7.80. The highest BCUT2D eigenvalue weighted by atomic mass is 32.1. The van der Waals surface area contributed by atoms with Gasteiger partial charge in [0.05, 0.1) is 6.04 Å². The van der Waals surface area contributed by atoms with Crippen molar-refractivity contribution in [3.05, 3.63) is 42.0 Å². The molecule has 0 bridgehead atoms. The summed E-state index contributed by atoms with van der Waals surface area (Å²) in [7, 11) is 0. The number of anilines is 1. The maximum absolute atomic E-state index is 5.41. The molecule has 2 aliphatic rings. The second kappa shape index (κ2) is 6.09. The lowest BCUT2D eigenvalue weighted by Crippen LogP contribution is -2.30. The summed E-state index contributed by atoms with van der Waals surface area (Å²) in [6.07, 6.45) is 0. The first-order chi connectivity index (χ1) is 11.7. The summed E-state index contributed by atoms with van der Waals surface area (Å²) in [5.74, 6) is 2.99. The molecule has 6 nitrogen and oxygen atoms in total. The van der Waals surface area contributed by atoms with Crippen LogP contribution in [-0.2, 0) is 0 Å². The Morgan fingerprint density at radius 2 is 1.54 bits per heavy atom. The standard InChI is InChI=1S/C17H16N2O4S/c1-10(11-2-4-13-15(6-11)22-8-20-13)18-17(24)19-12-3-5-14-16(7-12)23-9-21-14/h2-7,10H,8-9H2,1H3,(H2,18,19,24). The molecular weight excluding hydrogens is 328 g/mol. The fraction of sp³-hybridized carbons (Fsp3) is 0.235. The fourth-order valence-electron chi connectivity index (χ4n) is 2.60. The van der Waals surface area contributed by atoms with Crippen molar-refractivity contribution in [1.29, 1.82) is 0 Å². The van der Waals surface area contributed by atoms with Crippen LogP contribution in [0.2, 0.25) is 0 Å². The molecule has 2 aromatic rings. The van der Waals surface area contributed by atoms with Gasteiger partial charge in [-0.25, -0.2) is 0 Å². The molecule has 4 rings (SSSR count). The minimum absolute atomic E-state index is 0.0218. The van der Waals surface area contributed by atoms with E-state index in [2.05, 4.69) is 10.6 Å². The molecule has 7 heteroatoms. The van der Waals surface area contributed by atoms with Crippen molar-refractivity contribution in [2.75, 3.05) is 18.9 Å². The van der Waals surface area contributed by atoms with Gasteiger partial charge in [0, 0.05) is 11.8 Å². The van der Waals surface area contributed by atoms with Gasteiger partial charge in [-0.15, -0.1) is 0 Å². The van der Waals surface area contributed by atoms with E-state index in [4.69, 9.17) is 31.2 Å². The molecule has 2 aromatic carbocycles. The number of thiocarbonyl (C=S) groups is 1. The molecule has 1 atom stereocenters. The Hall–Kier alpha value is -2.67. The molecule has 0 saturated carbocycles. The molecule has 0 aliphatic carbocycles. The van der Waals surface area contributed by atoms with Gasteiger partial charge >= 0.3 is 0 Å². The van der Waals surface area contributed by atoms with E-state index in [-0.39, 0.29) is 19.6 Å². The molecule has 124 valence electrons. The highest BCUT2D eigenvalue weighted by Gasteiger charge is 2.17. The van der Waals surface area contributed by atoms with Gasteiger partial charge in [0.1, 0.15) is 0 Å². The van der Waals surface area contributed by atoms with Gasteiger partial charge in [-0.2, -0.15) is 0 Å². The molecular formula is C17H16N2O4S. The molecule has 24 heavy (non-hydrogen) atoms. The smallest absolute Gasteiger partial charge is 0.231 e. The third-order valence-electron chi connectivity index (χ3n) is 3.87. The van der Waals surface area contributed by atoms with Crippen LogP contribution < -0.4 is 29.6 Å². The van der Waals surface area contributed by atoms with Crippen LogP contribution in [0.25, 0.3) is 0 Å². The zero-order valence-corrected chi connectivity index (χ0v) is 13.8. The number of nitrogens with one attached hydrogen (secondary N) is 2. The molecule has 0 fully saturated rings. The van der Waals surface area contributed by atoms with E-state index in [0.29, 0.717) is 10.9 Å². The molecule has 2 heterocycles. The van der Waals surface area contributed by atoms with Crippen LogP contribution in [-0.4, -0.2) is 18.7 Å². The molecule has 2 N–H and O–H groups in total. The van der Waals surface area contributed by atoms with Gasteiger partial charge in [-0.3, -0.25) is 0 Å². The van der Waals surface area contributed by atoms with Crippen molar-refractivity contribution in [1.82, 2.24) is 5.32 Å². The first-order valence-corrected chi connectivity index (χ1v) is 7.96. The summed E-state index contributed by atoms with van der Waals surface area (Å²) >= 11 is 5.39. The predicted molar refractivity (Wildman–Crippen MR) is 92.9 cm³/mol. The maximum Gasteiger partial charge on any atom is 0.231 e. The number of ether oxygens (including phenoxy) is 4. The Morgan fingerprint density at radius 3 is 2.29 bits per heavy atom. The minimum atomic E-state index is 0.0218. The van der Waals surface area contributed by atoms with Crippen LogP contribution >= 0.6 is 12.2 Å². The molecule has 0 spiro atoms. The summed E-state index contributed by atoms with van der Waals surface area (Å²) in [5, 5.41) is 6.94. The average Bonchev–Trinajstić information content (AvgIpc) is 3.22. The number of fused-ring (bicyclic) bond motifs is 2. The Morgan fingerprint density at radius 1 is 0.917 bits per heavy atom. The van der Waals surface area contributed by atoms with E-state index in [1.807, 2.05) is 43.3 Å². The van der Waals surface area contributed by atoms with Crippen molar-refractivity contribution in [2.24, 2.45) is 0 Å². The van der Waals surface area contributed by atoms with Crippen molar-refractivity contribution in [3.8, 4) is 23.0 Å². The molecule has 0 amide bonds. The lowest BCUT2D eigenvalue weighted by atomic mass is 10.1. The summed E-state index contributed by atoms with van der Waals surface area (Å²) in [6.45, 7) is 2.55. The van der Waals surface area contributed by atoms with Crippen LogP contribution in [0.5, 0.6) is 23.0 Å². The fourth-order valence-corrected chi connectivity index (χ4v) is 2.90. The van der Waals surface area contributed by atoms with Crippen LogP contribution in [0.1, 0.15) is 18.5 Å². The van der Waals surface area contributed by atoms with Crippen LogP contribution in [0.3, 0.4) is 0 Å². The average molecular weight is 344 g/mol. The molecule has 1 unspecified atom stereocenters. The lowest BCUT2D eigenvalue weighted by Gasteiger charge is -2.18. The van der Waals surface area contributed by atoms with E-state index < -0.39 is 0 Å². The minimum Gasteiger partial charge on any atom is -0.454 e. The second-order valence-corrected chi connectivity index (χ2v) is 5.91. The largest absolute Gasteiger partial charge is 0.454 e. The van der Waals surface area contributed by atoms with Crippen molar-refractivity contribution in [3.63, 3.8) is 0 Å². The van der Waals surface area contributed by atoms with E-state index >= 15 is 0 Å². The number of benzene rings is 2. The van der Waals surface area contributed by atoms with E-state index in [0.717, 1.165) is 28.5 Å². The van der Waals surface area contributed by atoms with Gasteiger partial charge in [0.2, 0.25) is 13.6 Å². The van der Waals surface area contributed by atoms with E-state index in [9.17, 15) is 0 Å². The molecule has 0 radical (unpaired) electrons. The van der Waals surface area contributed by atoms with Crippen molar-refractivity contribution in [2.45, 2.75) is 13.0 Å². The van der Waals surface area contributed by atoms with Gasteiger partial charge in [-0.1, -0.05) is 6.07 Å². The van der Waals surface area contributed by atoms with Crippen LogP contribution in [0, 0.1) is 0 Å². The van der Waals surface area contributed by atoms with Crippen LogP contribution in [0.4, 0.5) is 5.69 Å². The summed E-state index contributed by atoms with van der Waals surface area (Å²) in [4.78, 5) is 0. The molecule has 0 saturated heterocycles. The SMILES string of the molecule is CC(NC(=S)Nc1ccc2c(c1)OCO2)c1ccc2c(c1)OCO2. The molecule has 2 aliphatic heterocycles. The predicted octanol–water partition coefficient (Wildman–Crippen LogP) is 3.19.